The summed E-state index contributed by atoms with van der Waals surface area (Å²) in [4.78, 5) is 18.4. The summed E-state index contributed by atoms with van der Waals surface area (Å²) < 4.78 is 10.7. The van der Waals surface area contributed by atoms with E-state index in [0.29, 0.717) is 29.6 Å². The molecule has 2 aliphatic rings. The van der Waals surface area contributed by atoms with Crippen molar-refractivity contribution in [2.75, 3.05) is 25.8 Å². The van der Waals surface area contributed by atoms with Crippen LogP contribution in [0.4, 0.5) is 5.69 Å². The molecule has 2 heterocycles. The number of aliphatic hydroxyl groups is 1. The number of amides is 1. The Morgan fingerprint density at radius 2 is 1.96 bits per heavy atom. The van der Waals surface area contributed by atoms with Crippen LogP contribution in [-0.2, 0) is 11.2 Å². The van der Waals surface area contributed by atoms with Crippen LogP contribution in [0.15, 0.2) is 53.2 Å². The lowest BCUT2D eigenvalue weighted by Crippen LogP contribution is -2.32. The van der Waals surface area contributed by atoms with E-state index >= 15 is 0 Å². The van der Waals surface area contributed by atoms with Gasteiger partial charge in [-0.25, -0.2) is 4.99 Å². The van der Waals surface area contributed by atoms with E-state index in [9.17, 15) is 4.79 Å². The number of carbonyl (C=O) groups excluding carboxylic acids is 1. The number of carbonyl (C=O) groups is 1. The number of nitrogens with zero attached hydrogens (tertiary/aromatic N) is 2. The van der Waals surface area contributed by atoms with Crippen LogP contribution >= 0.6 is 0 Å². The fourth-order valence-corrected chi connectivity index (χ4v) is 2.88. The molecule has 2 N–H and O–H groups in total. The van der Waals surface area contributed by atoms with Gasteiger partial charge in [-0.05, 0) is 47.9 Å². The molecule has 138 valence electrons. The first-order valence-corrected chi connectivity index (χ1v) is 8.59. The van der Waals surface area contributed by atoms with Crippen LogP contribution in [0.25, 0.3) is 6.08 Å². The Hall–Kier alpha value is -3.32. The molecular weight excluding hydrogens is 346 g/mol. The van der Waals surface area contributed by atoms with E-state index in [1.54, 1.807) is 13.1 Å². The van der Waals surface area contributed by atoms with E-state index < -0.39 is 0 Å². The highest BCUT2D eigenvalue weighted by molar-refractivity contribution is 6.17. The highest BCUT2D eigenvalue weighted by Gasteiger charge is 2.27. The number of likely N-dealkylation sites (N-methyl/N-ethyl adjacent to an activating group) is 1. The van der Waals surface area contributed by atoms with Gasteiger partial charge in [0.05, 0.1) is 0 Å². The van der Waals surface area contributed by atoms with E-state index in [1.165, 1.54) is 4.90 Å². The highest BCUT2D eigenvalue weighted by Crippen LogP contribution is 2.33. The number of guanidine groups is 1. The van der Waals surface area contributed by atoms with Crippen LogP contribution in [0.2, 0.25) is 0 Å². The lowest BCUT2D eigenvalue weighted by atomic mass is 10.1. The fourth-order valence-electron chi connectivity index (χ4n) is 2.88. The number of fused-ring (bicyclic) bond motifs is 1. The van der Waals surface area contributed by atoms with E-state index in [4.69, 9.17) is 14.6 Å². The van der Waals surface area contributed by atoms with Gasteiger partial charge in [-0.2, -0.15) is 0 Å². The summed E-state index contributed by atoms with van der Waals surface area (Å²) >= 11 is 0. The molecule has 0 bridgehead atoms. The van der Waals surface area contributed by atoms with Gasteiger partial charge in [0.2, 0.25) is 12.8 Å². The molecule has 4 rings (SSSR count). The molecule has 0 aromatic heterocycles. The predicted octanol–water partition coefficient (Wildman–Crippen LogP) is 2.23. The number of rotatable bonds is 4. The molecule has 0 unspecified atom stereocenters. The Balaban J connectivity index is 1.54. The minimum absolute atomic E-state index is 0.116. The van der Waals surface area contributed by atoms with Crippen LogP contribution in [0.1, 0.15) is 11.1 Å². The third-order valence-corrected chi connectivity index (χ3v) is 4.38. The molecule has 7 nitrogen and oxygen atoms in total. The summed E-state index contributed by atoms with van der Waals surface area (Å²) in [7, 11) is 1.68. The summed E-state index contributed by atoms with van der Waals surface area (Å²) in [6, 6.07) is 13.1. The largest absolute Gasteiger partial charge is 0.454 e. The first kappa shape index (κ1) is 17.1. The van der Waals surface area contributed by atoms with Crippen molar-refractivity contribution in [3.8, 4) is 11.5 Å². The Morgan fingerprint density at radius 3 is 2.74 bits per heavy atom. The minimum Gasteiger partial charge on any atom is -0.454 e. The number of nitrogens with one attached hydrogen (secondary N) is 1. The Kier molecular flexibility index (Phi) is 4.52. The zero-order valence-electron chi connectivity index (χ0n) is 14.8. The number of anilines is 1. The second-order valence-corrected chi connectivity index (χ2v) is 6.24. The zero-order valence-corrected chi connectivity index (χ0v) is 14.8. The van der Waals surface area contributed by atoms with Crippen molar-refractivity contribution in [1.29, 1.82) is 0 Å². The predicted molar refractivity (Wildman–Crippen MR) is 102 cm³/mol. The first-order chi connectivity index (χ1) is 13.1. The average molecular weight is 365 g/mol. The van der Waals surface area contributed by atoms with E-state index in [0.717, 1.165) is 16.8 Å². The quantitative estimate of drug-likeness (QED) is 0.812. The van der Waals surface area contributed by atoms with Gasteiger partial charge in [0, 0.05) is 19.3 Å². The molecule has 0 saturated heterocycles. The van der Waals surface area contributed by atoms with Crippen LogP contribution < -0.4 is 14.8 Å². The number of hydrogen-bond donors (Lipinski definition) is 2. The number of ether oxygens (including phenoxy) is 2. The van der Waals surface area contributed by atoms with Gasteiger partial charge in [0.25, 0.3) is 5.91 Å². The average Bonchev–Trinajstić information content (AvgIpc) is 3.24. The van der Waals surface area contributed by atoms with Crippen molar-refractivity contribution in [2.45, 2.75) is 6.42 Å². The Morgan fingerprint density at radius 1 is 1.19 bits per heavy atom. The number of benzene rings is 2. The summed E-state index contributed by atoms with van der Waals surface area (Å²) in [5.74, 6) is 1.63. The van der Waals surface area contributed by atoms with Crippen molar-refractivity contribution >= 4 is 23.6 Å². The molecule has 0 spiro atoms. The van der Waals surface area contributed by atoms with Crippen molar-refractivity contribution in [2.24, 2.45) is 4.99 Å². The molecule has 2 aromatic rings. The molecule has 2 aliphatic heterocycles. The molecule has 27 heavy (non-hydrogen) atoms. The van der Waals surface area contributed by atoms with E-state index in [1.807, 2.05) is 42.5 Å². The number of hydrogen-bond acceptors (Lipinski definition) is 6. The van der Waals surface area contributed by atoms with Gasteiger partial charge in [-0.3, -0.25) is 9.69 Å². The van der Waals surface area contributed by atoms with Gasteiger partial charge in [-0.1, -0.05) is 18.2 Å². The van der Waals surface area contributed by atoms with Crippen molar-refractivity contribution in [3.05, 3.63) is 59.3 Å². The first-order valence-electron chi connectivity index (χ1n) is 8.59. The minimum atomic E-state index is -0.188. The maximum Gasteiger partial charge on any atom is 0.279 e. The zero-order chi connectivity index (χ0) is 18.8. The third-order valence-electron chi connectivity index (χ3n) is 4.38. The van der Waals surface area contributed by atoms with Crippen LogP contribution in [0.3, 0.4) is 0 Å². The lowest BCUT2D eigenvalue weighted by molar-refractivity contribution is -0.121. The van der Waals surface area contributed by atoms with Crippen molar-refractivity contribution in [1.82, 2.24) is 4.90 Å². The molecule has 0 radical (unpaired) electrons. The molecule has 0 fully saturated rings. The molecule has 2 aromatic carbocycles. The van der Waals surface area contributed by atoms with Crippen LogP contribution in [0.5, 0.6) is 11.5 Å². The van der Waals surface area contributed by atoms with Gasteiger partial charge in [0.1, 0.15) is 5.70 Å². The van der Waals surface area contributed by atoms with Gasteiger partial charge >= 0.3 is 0 Å². The van der Waals surface area contributed by atoms with Gasteiger partial charge in [-0.15, -0.1) is 0 Å². The lowest BCUT2D eigenvalue weighted by Gasteiger charge is -2.13. The Labute approximate surface area is 156 Å². The highest BCUT2D eigenvalue weighted by atomic mass is 16.7. The number of aliphatic hydroxyl groups excluding tert-OH is 1. The van der Waals surface area contributed by atoms with E-state index in [2.05, 4.69) is 10.3 Å². The maximum atomic E-state index is 12.5. The molecule has 0 saturated carbocycles. The SMILES string of the molecule is CN1C(=O)/C(=C\c2ccc3c(c2)OCO3)N=C1Nc1ccc(CCO)cc1. The molecule has 7 heteroatoms. The van der Waals surface area contributed by atoms with Crippen LogP contribution in [-0.4, -0.2) is 42.3 Å². The normalized spacial score (nSPS) is 16.8. The van der Waals surface area contributed by atoms with Gasteiger partial charge < -0.3 is 19.9 Å². The standard InChI is InChI=1S/C20H19N3O4/c1-23-19(25)16(10-14-4-7-17-18(11-14)27-12-26-17)22-20(23)21-15-5-2-13(3-6-15)8-9-24/h2-7,10-11,24H,8-9,12H2,1H3,(H,21,22)/b16-10+. The van der Waals surface area contributed by atoms with Crippen molar-refractivity contribution in [3.63, 3.8) is 0 Å². The maximum absolute atomic E-state index is 12.5. The summed E-state index contributed by atoms with van der Waals surface area (Å²) in [6.07, 6.45) is 2.34. The second kappa shape index (κ2) is 7.13. The van der Waals surface area contributed by atoms with E-state index in [-0.39, 0.29) is 19.3 Å². The summed E-state index contributed by atoms with van der Waals surface area (Å²) in [6.45, 7) is 0.324. The molecule has 0 atom stereocenters. The Bertz CT molecular complexity index is 935. The fraction of sp³-hybridized carbons (Fsp3) is 0.200. The number of aliphatic imine (C=N–C) groups is 1. The summed E-state index contributed by atoms with van der Waals surface area (Å²) in [5.41, 5.74) is 3.02. The third kappa shape index (κ3) is 3.50. The summed E-state index contributed by atoms with van der Waals surface area (Å²) in [5, 5.41) is 12.1. The topological polar surface area (TPSA) is 83.4 Å². The van der Waals surface area contributed by atoms with Crippen molar-refractivity contribution < 1.29 is 19.4 Å². The molecule has 0 aliphatic carbocycles. The molecule has 1 amide bonds. The van der Waals surface area contributed by atoms with Crippen LogP contribution in [0, 0.1) is 0 Å². The van der Waals surface area contributed by atoms with Gasteiger partial charge in [0.15, 0.2) is 11.5 Å². The molecular formula is C20H19N3O4. The monoisotopic (exact) mass is 365 g/mol. The second-order valence-electron chi connectivity index (χ2n) is 6.24. The smallest absolute Gasteiger partial charge is 0.279 e.